The highest BCUT2D eigenvalue weighted by atomic mass is 19.1. The fourth-order valence-electron chi connectivity index (χ4n) is 4.48. The highest BCUT2D eigenvalue weighted by Gasteiger charge is 2.25. The van der Waals surface area contributed by atoms with Gasteiger partial charge in [-0.25, -0.2) is 4.39 Å². The number of amides is 2. The third-order valence-electron chi connectivity index (χ3n) is 6.49. The van der Waals surface area contributed by atoms with Crippen LogP contribution < -0.4 is 15.4 Å². The van der Waals surface area contributed by atoms with Crippen LogP contribution >= 0.6 is 0 Å². The maximum absolute atomic E-state index is 13.2. The van der Waals surface area contributed by atoms with E-state index in [1.807, 2.05) is 47.4 Å². The molecule has 204 valence electrons. The quantitative estimate of drug-likeness (QED) is 0.271. The van der Waals surface area contributed by atoms with Crippen LogP contribution in [0.4, 0.5) is 10.1 Å². The van der Waals surface area contributed by atoms with Gasteiger partial charge in [-0.1, -0.05) is 54.6 Å². The second-order valence-corrected chi connectivity index (χ2v) is 9.60. The van der Waals surface area contributed by atoms with Crippen molar-refractivity contribution in [3.63, 3.8) is 0 Å². The second kappa shape index (κ2) is 13.0. The molecule has 4 aromatic carbocycles. The number of hydrogen-bond donors (Lipinski definition) is 2. The van der Waals surface area contributed by atoms with Gasteiger partial charge in [-0.2, -0.15) is 0 Å². The summed E-state index contributed by atoms with van der Waals surface area (Å²) >= 11 is 0. The molecule has 40 heavy (non-hydrogen) atoms. The highest BCUT2D eigenvalue weighted by Crippen LogP contribution is 2.24. The van der Waals surface area contributed by atoms with Gasteiger partial charge in [0.15, 0.2) is 0 Å². The van der Waals surface area contributed by atoms with Gasteiger partial charge in [0.1, 0.15) is 23.4 Å². The molecule has 0 bridgehead atoms. The first kappa shape index (κ1) is 27.1. The molecule has 0 fully saturated rings. The monoisotopic (exact) mass is 539 g/mol. The molecule has 0 spiro atoms. The van der Waals surface area contributed by atoms with E-state index in [-0.39, 0.29) is 24.9 Å². The van der Waals surface area contributed by atoms with Crippen molar-refractivity contribution in [1.82, 2.24) is 10.2 Å². The minimum absolute atomic E-state index is 0.0124. The van der Waals surface area contributed by atoms with E-state index in [0.717, 1.165) is 5.56 Å². The number of fused-ring (bicyclic) bond motifs is 1. The largest absolute Gasteiger partial charge is 0.457 e. The molecular weight excluding hydrogens is 509 g/mol. The number of nitrogens with one attached hydrogen (secondary N) is 2. The van der Waals surface area contributed by atoms with E-state index >= 15 is 0 Å². The zero-order valence-electron chi connectivity index (χ0n) is 21.9. The third kappa shape index (κ3) is 7.53. The lowest BCUT2D eigenvalue weighted by Crippen LogP contribution is -2.49. The number of carbonyl (C=O) groups is 2. The number of ether oxygens (including phenoxy) is 2. The molecule has 4 aromatic rings. The molecule has 2 amide bonds. The molecule has 0 aromatic heterocycles. The van der Waals surface area contributed by atoms with E-state index in [0.29, 0.717) is 36.9 Å². The predicted octanol–water partition coefficient (Wildman–Crippen LogP) is 5.27. The van der Waals surface area contributed by atoms with Crippen LogP contribution in [-0.4, -0.2) is 35.9 Å². The molecule has 0 radical (unpaired) electrons. The fourth-order valence-corrected chi connectivity index (χ4v) is 4.48. The van der Waals surface area contributed by atoms with E-state index in [9.17, 15) is 14.0 Å². The SMILES string of the molecule is O=C(CN1Cc2ccccc2C1)N[C@@H](COCc1ccccc1)C(=O)Nc1ccc(Oc2ccc(F)cc2)cc1. The molecule has 0 saturated carbocycles. The van der Waals surface area contributed by atoms with Crippen molar-refractivity contribution in [3.8, 4) is 11.5 Å². The Morgan fingerprint density at radius 3 is 2.05 bits per heavy atom. The Kier molecular flexibility index (Phi) is 8.80. The van der Waals surface area contributed by atoms with Crippen molar-refractivity contribution in [3.05, 3.63) is 126 Å². The van der Waals surface area contributed by atoms with Crippen LogP contribution in [0.5, 0.6) is 11.5 Å². The predicted molar refractivity (Wildman–Crippen MR) is 150 cm³/mol. The smallest absolute Gasteiger partial charge is 0.249 e. The maximum atomic E-state index is 13.2. The third-order valence-corrected chi connectivity index (χ3v) is 6.49. The van der Waals surface area contributed by atoms with Crippen molar-refractivity contribution >= 4 is 17.5 Å². The summed E-state index contributed by atoms with van der Waals surface area (Å²) in [5, 5.41) is 5.70. The van der Waals surface area contributed by atoms with Crippen molar-refractivity contribution in [1.29, 1.82) is 0 Å². The Labute approximate surface area is 232 Å². The fraction of sp³-hybridized carbons (Fsp3) is 0.188. The average molecular weight is 540 g/mol. The van der Waals surface area contributed by atoms with Gasteiger partial charge < -0.3 is 20.1 Å². The number of benzene rings is 4. The summed E-state index contributed by atoms with van der Waals surface area (Å²) in [7, 11) is 0. The first-order valence-corrected chi connectivity index (χ1v) is 13.1. The molecular formula is C32H30FN3O4. The topological polar surface area (TPSA) is 79.9 Å². The van der Waals surface area contributed by atoms with Gasteiger partial charge in [0, 0.05) is 18.8 Å². The number of rotatable bonds is 11. The minimum Gasteiger partial charge on any atom is -0.457 e. The summed E-state index contributed by atoms with van der Waals surface area (Å²) in [6.07, 6.45) is 0. The van der Waals surface area contributed by atoms with E-state index in [1.165, 1.54) is 35.4 Å². The molecule has 1 atom stereocenters. The lowest BCUT2D eigenvalue weighted by atomic mass is 10.1. The molecule has 0 saturated heterocycles. The zero-order chi connectivity index (χ0) is 27.7. The number of hydrogen-bond acceptors (Lipinski definition) is 5. The van der Waals surface area contributed by atoms with Crippen molar-refractivity contribution in [2.24, 2.45) is 0 Å². The van der Waals surface area contributed by atoms with Gasteiger partial charge in [0.25, 0.3) is 0 Å². The van der Waals surface area contributed by atoms with Crippen LogP contribution in [-0.2, 0) is 34.0 Å². The summed E-state index contributed by atoms with van der Waals surface area (Å²) in [5.74, 6) is 0.0489. The van der Waals surface area contributed by atoms with Crippen LogP contribution in [0.25, 0.3) is 0 Å². The van der Waals surface area contributed by atoms with Crippen LogP contribution in [0.15, 0.2) is 103 Å². The molecule has 1 aliphatic heterocycles. The standard InChI is InChI=1S/C32H30FN3O4/c33-26-10-14-28(15-11-26)40-29-16-12-27(13-17-29)34-32(38)30(22-39-21-23-6-2-1-3-7-23)35-31(37)20-36-18-24-8-4-5-9-25(24)19-36/h1-17,30H,18-22H2,(H,34,38)(H,35,37)/t30-/m0/s1. The van der Waals surface area contributed by atoms with Crippen LogP contribution in [0.2, 0.25) is 0 Å². The first-order valence-electron chi connectivity index (χ1n) is 13.1. The van der Waals surface area contributed by atoms with E-state index in [4.69, 9.17) is 9.47 Å². The summed E-state index contributed by atoms with van der Waals surface area (Å²) in [6, 6.07) is 29.4. The Hall–Kier alpha value is -4.53. The van der Waals surface area contributed by atoms with Crippen molar-refractivity contribution in [2.75, 3.05) is 18.5 Å². The van der Waals surface area contributed by atoms with Gasteiger partial charge in [-0.05, 0) is 65.2 Å². The van der Waals surface area contributed by atoms with Crippen molar-refractivity contribution < 1.29 is 23.5 Å². The van der Waals surface area contributed by atoms with Gasteiger partial charge in [-0.3, -0.25) is 14.5 Å². The van der Waals surface area contributed by atoms with E-state index in [2.05, 4.69) is 22.8 Å². The first-order chi connectivity index (χ1) is 19.5. The molecule has 8 heteroatoms. The molecule has 0 unspecified atom stereocenters. The normalized spacial score (nSPS) is 13.3. The molecule has 7 nitrogen and oxygen atoms in total. The number of nitrogens with zero attached hydrogens (tertiary/aromatic N) is 1. The molecule has 1 aliphatic rings. The van der Waals surface area contributed by atoms with Gasteiger partial charge in [0.2, 0.25) is 11.8 Å². The number of halogens is 1. The Morgan fingerprint density at radius 2 is 1.40 bits per heavy atom. The number of anilines is 1. The van der Waals surface area contributed by atoms with E-state index in [1.54, 1.807) is 24.3 Å². The van der Waals surface area contributed by atoms with Crippen LogP contribution in [0.1, 0.15) is 16.7 Å². The second-order valence-electron chi connectivity index (χ2n) is 9.60. The Balaban J connectivity index is 1.19. The van der Waals surface area contributed by atoms with Gasteiger partial charge in [-0.15, -0.1) is 0 Å². The minimum atomic E-state index is -0.892. The maximum Gasteiger partial charge on any atom is 0.249 e. The summed E-state index contributed by atoms with van der Waals surface area (Å²) in [5.41, 5.74) is 3.93. The number of carbonyl (C=O) groups excluding carboxylic acids is 2. The Bertz CT molecular complexity index is 1400. The van der Waals surface area contributed by atoms with Gasteiger partial charge in [0.05, 0.1) is 19.8 Å². The molecule has 0 aliphatic carbocycles. The van der Waals surface area contributed by atoms with Crippen LogP contribution in [0.3, 0.4) is 0 Å². The van der Waals surface area contributed by atoms with E-state index < -0.39 is 11.9 Å². The van der Waals surface area contributed by atoms with Crippen molar-refractivity contribution in [2.45, 2.75) is 25.7 Å². The average Bonchev–Trinajstić information content (AvgIpc) is 3.37. The summed E-state index contributed by atoms with van der Waals surface area (Å²) in [6.45, 7) is 1.89. The van der Waals surface area contributed by atoms with Gasteiger partial charge >= 0.3 is 0 Å². The summed E-state index contributed by atoms with van der Waals surface area (Å²) < 4.78 is 24.7. The molecule has 2 N–H and O–H groups in total. The summed E-state index contributed by atoms with van der Waals surface area (Å²) in [4.78, 5) is 28.2. The highest BCUT2D eigenvalue weighted by molar-refractivity contribution is 5.97. The zero-order valence-corrected chi connectivity index (χ0v) is 21.9. The molecule has 5 rings (SSSR count). The lowest BCUT2D eigenvalue weighted by Gasteiger charge is -2.21. The Morgan fingerprint density at radius 1 is 0.800 bits per heavy atom. The molecule has 1 heterocycles. The lowest BCUT2D eigenvalue weighted by molar-refractivity contribution is -0.128. The van der Waals surface area contributed by atoms with Crippen LogP contribution in [0, 0.1) is 5.82 Å².